The minimum atomic E-state index is -0.150. The van der Waals surface area contributed by atoms with Crippen molar-refractivity contribution in [3.63, 3.8) is 0 Å². The van der Waals surface area contributed by atoms with Crippen molar-refractivity contribution >= 4 is 11.6 Å². The van der Waals surface area contributed by atoms with Crippen LogP contribution in [0.5, 0.6) is 5.75 Å². The molecule has 3 N–H and O–H groups in total. The molecule has 2 rings (SSSR count). The molecular weight excluding hydrogens is 218 g/mol. The number of piperazine rings is 1. The van der Waals surface area contributed by atoms with Gasteiger partial charge in [-0.2, -0.15) is 0 Å². The third kappa shape index (κ3) is 2.50. The quantitative estimate of drug-likeness (QED) is 0.545. The first-order valence-electron chi connectivity index (χ1n) is 5.64. The number of anilines is 1. The zero-order valence-corrected chi connectivity index (χ0v) is 9.89. The summed E-state index contributed by atoms with van der Waals surface area (Å²) in [5, 5.41) is 9.67. The van der Waals surface area contributed by atoms with Gasteiger partial charge in [0, 0.05) is 31.9 Å². The fourth-order valence-corrected chi connectivity index (χ4v) is 1.90. The van der Waals surface area contributed by atoms with Crippen LogP contribution in [0, 0.1) is 0 Å². The molecule has 0 aliphatic carbocycles. The Hall–Kier alpha value is -1.75. The third-order valence-electron chi connectivity index (χ3n) is 3.04. The summed E-state index contributed by atoms with van der Waals surface area (Å²) in [5.74, 6) is -0.161. The van der Waals surface area contributed by atoms with Crippen molar-refractivity contribution in [3.8, 4) is 5.75 Å². The van der Waals surface area contributed by atoms with Crippen LogP contribution in [0.15, 0.2) is 18.2 Å². The van der Waals surface area contributed by atoms with Crippen LogP contribution < -0.4 is 5.73 Å². The van der Waals surface area contributed by atoms with Gasteiger partial charge in [-0.15, -0.1) is 0 Å². The molecule has 1 amide bonds. The van der Waals surface area contributed by atoms with Crippen LogP contribution in [0.4, 0.5) is 5.69 Å². The SMILES string of the molecule is CN1CCN(C(=O)c2cc(N)ccc2O)CC1. The molecule has 5 heteroatoms. The standard InChI is InChI=1S/C12H17N3O2/c1-14-4-6-15(7-5-14)12(17)10-8-9(13)2-3-11(10)16/h2-3,8,16H,4-7,13H2,1H3. The topological polar surface area (TPSA) is 69.8 Å². The van der Waals surface area contributed by atoms with Gasteiger partial charge in [-0.05, 0) is 25.2 Å². The molecule has 1 fully saturated rings. The maximum Gasteiger partial charge on any atom is 0.257 e. The highest BCUT2D eigenvalue weighted by atomic mass is 16.3. The summed E-state index contributed by atoms with van der Waals surface area (Å²) in [6.07, 6.45) is 0. The van der Waals surface area contributed by atoms with Gasteiger partial charge >= 0.3 is 0 Å². The number of nitrogen functional groups attached to an aromatic ring is 1. The van der Waals surface area contributed by atoms with Crippen molar-refractivity contribution < 1.29 is 9.90 Å². The molecule has 1 heterocycles. The Kier molecular flexibility index (Phi) is 3.19. The second kappa shape index (κ2) is 4.63. The molecule has 1 aliphatic heterocycles. The average molecular weight is 235 g/mol. The van der Waals surface area contributed by atoms with E-state index in [2.05, 4.69) is 4.90 Å². The van der Waals surface area contributed by atoms with E-state index in [1.54, 1.807) is 11.0 Å². The van der Waals surface area contributed by atoms with Gasteiger partial charge in [0.2, 0.25) is 0 Å². The molecule has 0 saturated carbocycles. The normalized spacial score (nSPS) is 17.1. The number of amides is 1. The summed E-state index contributed by atoms with van der Waals surface area (Å²) in [6, 6.07) is 4.56. The van der Waals surface area contributed by atoms with Crippen molar-refractivity contribution in [3.05, 3.63) is 23.8 Å². The van der Waals surface area contributed by atoms with Gasteiger partial charge in [0.25, 0.3) is 5.91 Å². The minimum Gasteiger partial charge on any atom is -0.507 e. The highest BCUT2D eigenvalue weighted by molar-refractivity contribution is 5.97. The molecule has 1 aromatic carbocycles. The van der Waals surface area contributed by atoms with Crippen LogP contribution in [0.3, 0.4) is 0 Å². The Morgan fingerprint density at radius 2 is 1.94 bits per heavy atom. The maximum absolute atomic E-state index is 12.2. The predicted molar refractivity (Wildman–Crippen MR) is 65.9 cm³/mol. The average Bonchev–Trinajstić information content (AvgIpc) is 2.32. The predicted octanol–water partition coefficient (Wildman–Crippen LogP) is 0.362. The number of nitrogens with zero attached hydrogens (tertiary/aromatic N) is 2. The number of nitrogens with two attached hydrogens (primary N) is 1. The number of aromatic hydroxyl groups is 1. The zero-order valence-electron chi connectivity index (χ0n) is 9.89. The summed E-state index contributed by atoms with van der Waals surface area (Å²) in [4.78, 5) is 16.1. The van der Waals surface area contributed by atoms with E-state index in [1.807, 2.05) is 7.05 Å². The Balaban J connectivity index is 2.16. The Morgan fingerprint density at radius 3 is 2.59 bits per heavy atom. The Morgan fingerprint density at radius 1 is 1.29 bits per heavy atom. The van der Waals surface area contributed by atoms with Crippen LogP contribution in [0.25, 0.3) is 0 Å². The molecule has 0 radical (unpaired) electrons. The Bertz CT molecular complexity index is 426. The van der Waals surface area contributed by atoms with Gasteiger partial charge in [-0.3, -0.25) is 4.79 Å². The molecular formula is C12H17N3O2. The number of carbonyl (C=O) groups excluding carboxylic acids is 1. The number of benzene rings is 1. The summed E-state index contributed by atoms with van der Waals surface area (Å²) < 4.78 is 0. The van der Waals surface area contributed by atoms with Gasteiger partial charge < -0.3 is 20.6 Å². The smallest absolute Gasteiger partial charge is 0.257 e. The van der Waals surface area contributed by atoms with Gasteiger partial charge in [0.05, 0.1) is 5.56 Å². The largest absolute Gasteiger partial charge is 0.507 e. The molecule has 92 valence electrons. The molecule has 0 unspecified atom stereocenters. The van der Waals surface area contributed by atoms with E-state index in [-0.39, 0.29) is 17.2 Å². The molecule has 0 atom stereocenters. The van der Waals surface area contributed by atoms with Crippen molar-refractivity contribution in [2.45, 2.75) is 0 Å². The first-order chi connectivity index (χ1) is 8.08. The second-order valence-corrected chi connectivity index (χ2v) is 4.37. The monoisotopic (exact) mass is 235 g/mol. The molecule has 0 aromatic heterocycles. The summed E-state index contributed by atoms with van der Waals surface area (Å²) in [5.41, 5.74) is 6.40. The maximum atomic E-state index is 12.2. The fourth-order valence-electron chi connectivity index (χ4n) is 1.90. The van der Waals surface area contributed by atoms with Gasteiger partial charge in [-0.1, -0.05) is 0 Å². The third-order valence-corrected chi connectivity index (χ3v) is 3.04. The summed E-state index contributed by atoms with van der Waals surface area (Å²) >= 11 is 0. The lowest BCUT2D eigenvalue weighted by atomic mass is 10.1. The molecule has 1 aromatic rings. The fraction of sp³-hybridized carbons (Fsp3) is 0.417. The number of hydrogen-bond acceptors (Lipinski definition) is 4. The van der Waals surface area contributed by atoms with E-state index < -0.39 is 0 Å². The lowest BCUT2D eigenvalue weighted by molar-refractivity contribution is 0.0661. The van der Waals surface area contributed by atoms with Crippen LogP contribution in [-0.2, 0) is 0 Å². The van der Waals surface area contributed by atoms with E-state index in [0.29, 0.717) is 18.8 Å². The van der Waals surface area contributed by atoms with E-state index in [0.717, 1.165) is 13.1 Å². The van der Waals surface area contributed by atoms with Gasteiger partial charge in [0.1, 0.15) is 5.75 Å². The van der Waals surface area contributed by atoms with Crippen molar-refractivity contribution in [2.24, 2.45) is 0 Å². The molecule has 0 spiro atoms. The Labute approximate surface area is 100 Å². The van der Waals surface area contributed by atoms with E-state index in [1.165, 1.54) is 12.1 Å². The number of hydrogen-bond donors (Lipinski definition) is 2. The highest BCUT2D eigenvalue weighted by Gasteiger charge is 2.22. The summed E-state index contributed by atoms with van der Waals surface area (Å²) in [6.45, 7) is 3.08. The summed E-state index contributed by atoms with van der Waals surface area (Å²) in [7, 11) is 2.03. The number of rotatable bonds is 1. The number of phenols is 1. The lowest BCUT2D eigenvalue weighted by Crippen LogP contribution is -2.47. The lowest BCUT2D eigenvalue weighted by Gasteiger charge is -2.32. The minimum absolute atomic E-state index is 0.0110. The van der Waals surface area contributed by atoms with Crippen molar-refractivity contribution in [1.29, 1.82) is 0 Å². The van der Waals surface area contributed by atoms with Crippen LogP contribution in [0.2, 0.25) is 0 Å². The second-order valence-electron chi connectivity index (χ2n) is 4.37. The molecule has 0 bridgehead atoms. The number of likely N-dealkylation sites (N-methyl/N-ethyl adjacent to an activating group) is 1. The molecule has 1 aliphatic rings. The zero-order chi connectivity index (χ0) is 12.4. The highest BCUT2D eigenvalue weighted by Crippen LogP contribution is 2.21. The van der Waals surface area contributed by atoms with E-state index in [9.17, 15) is 9.90 Å². The number of phenolic OH excluding ortho intramolecular Hbond substituents is 1. The van der Waals surface area contributed by atoms with Crippen molar-refractivity contribution in [1.82, 2.24) is 9.80 Å². The van der Waals surface area contributed by atoms with Crippen LogP contribution in [0.1, 0.15) is 10.4 Å². The van der Waals surface area contributed by atoms with Crippen molar-refractivity contribution in [2.75, 3.05) is 39.0 Å². The first-order valence-corrected chi connectivity index (χ1v) is 5.64. The van der Waals surface area contributed by atoms with Gasteiger partial charge in [0.15, 0.2) is 0 Å². The van der Waals surface area contributed by atoms with Gasteiger partial charge in [-0.25, -0.2) is 0 Å². The van der Waals surface area contributed by atoms with E-state index >= 15 is 0 Å². The van der Waals surface area contributed by atoms with E-state index in [4.69, 9.17) is 5.73 Å². The molecule has 5 nitrogen and oxygen atoms in total. The van der Waals surface area contributed by atoms with Crippen LogP contribution in [-0.4, -0.2) is 54.0 Å². The molecule has 1 saturated heterocycles. The molecule has 17 heavy (non-hydrogen) atoms. The number of carbonyl (C=O) groups is 1. The first kappa shape index (κ1) is 11.7. The van der Waals surface area contributed by atoms with Crippen LogP contribution >= 0.6 is 0 Å².